The van der Waals surface area contributed by atoms with Gasteiger partial charge in [-0.1, -0.05) is 37.3 Å². The number of aryl methyl sites for hydroxylation is 2. The Kier molecular flexibility index (Phi) is 6.45. The highest BCUT2D eigenvalue weighted by Gasteiger charge is 2.24. The molecule has 0 aliphatic carbocycles. The van der Waals surface area contributed by atoms with Gasteiger partial charge in [-0.05, 0) is 35.4 Å². The molecule has 0 saturated carbocycles. The van der Waals surface area contributed by atoms with E-state index in [1.807, 2.05) is 27.3 Å². The molecular weight excluding hydrogens is 344 g/mol. The number of amides is 2. The van der Waals surface area contributed by atoms with E-state index in [1.54, 1.807) is 11.3 Å². The summed E-state index contributed by atoms with van der Waals surface area (Å²) in [6.45, 7) is 4.71. The minimum atomic E-state index is 0.163. The summed E-state index contributed by atoms with van der Waals surface area (Å²) in [6.07, 6.45) is 2.82. The summed E-state index contributed by atoms with van der Waals surface area (Å²) in [4.78, 5) is 29.7. The third-order valence-corrected chi connectivity index (χ3v) is 5.83. The van der Waals surface area contributed by atoms with Crippen molar-refractivity contribution in [3.8, 4) is 0 Å². The first kappa shape index (κ1) is 18.6. The predicted octanol–water partition coefficient (Wildman–Crippen LogP) is 3.16. The standard InChI is InChI=1S/C21H26N2O2S/c1-2-17-5-7-18(8-6-17)9-10-20(24)22-11-13-23(14-12-22)21(25)16-19-4-3-15-26-19/h3-8,15H,2,9-14,16H2,1H3. The third kappa shape index (κ3) is 4.94. The average molecular weight is 371 g/mol. The molecular formula is C21H26N2O2S. The van der Waals surface area contributed by atoms with E-state index in [0.717, 1.165) is 17.7 Å². The van der Waals surface area contributed by atoms with Gasteiger partial charge in [-0.15, -0.1) is 11.3 Å². The Hall–Kier alpha value is -2.14. The van der Waals surface area contributed by atoms with Crippen molar-refractivity contribution in [2.24, 2.45) is 0 Å². The molecule has 0 spiro atoms. The van der Waals surface area contributed by atoms with Crippen LogP contribution in [0.4, 0.5) is 0 Å². The zero-order valence-electron chi connectivity index (χ0n) is 15.3. The maximum absolute atomic E-state index is 12.5. The Labute approximate surface area is 159 Å². The monoisotopic (exact) mass is 370 g/mol. The third-order valence-electron chi connectivity index (χ3n) is 4.95. The quantitative estimate of drug-likeness (QED) is 0.784. The van der Waals surface area contributed by atoms with Crippen LogP contribution >= 0.6 is 11.3 Å². The Morgan fingerprint density at radius 1 is 0.923 bits per heavy atom. The van der Waals surface area contributed by atoms with E-state index in [-0.39, 0.29) is 11.8 Å². The number of rotatable bonds is 6. The number of carbonyl (C=O) groups excluding carboxylic acids is 2. The molecule has 1 aliphatic rings. The van der Waals surface area contributed by atoms with Crippen molar-refractivity contribution >= 4 is 23.2 Å². The van der Waals surface area contributed by atoms with Gasteiger partial charge < -0.3 is 9.80 Å². The zero-order valence-corrected chi connectivity index (χ0v) is 16.1. The lowest BCUT2D eigenvalue weighted by Gasteiger charge is -2.35. The molecule has 5 heteroatoms. The van der Waals surface area contributed by atoms with Crippen LogP contribution in [-0.2, 0) is 28.9 Å². The molecule has 2 aromatic rings. The summed E-state index contributed by atoms with van der Waals surface area (Å²) in [6, 6.07) is 12.5. The van der Waals surface area contributed by atoms with Gasteiger partial charge in [-0.25, -0.2) is 0 Å². The summed E-state index contributed by atoms with van der Waals surface area (Å²) >= 11 is 1.62. The van der Waals surface area contributed by atoms with Crippen molar-refractivity contribution in [3.63, 3.8) is 0 Å². The molecule has 26 heavy (non-hydrogen) atoms. The largest absolute Gasteiger partial charge is 0.339 e. The van der Waals surface area contributed by atoms with E-state index in [9.17, 15) is 9.59 Å². The van der Waals surface area contributed by atoms with Crippen LogP contribution in [0.3, 0.4) is 0 Å². The summed E-state index contributed by atoms with van der Waals surface area (Å²) < 4.78 is 0. The van der Waals surface area contributed by atoms with Crippen LogP contribution in [0.1, 0.15) is 29.3 Å². The van der Waals surface area contributed by atoms with Crippen molar-refractivity contribution in [1.29, 1.82) is 0 Å². The molecule has 0 atom stereocenters. The highest BCUT2D eigenvalue weighted by Crippen LogP contribution is 2.13. The smallest absolute Gasteiger partial charge is 0.227 e. The second-order valence-electron chi connectivity index (χ2n) is 6.69. The number of thiophene rings is 1. The van der Waals surface area contributed by atoms with Crippen molar-refractivity contribution in [3.05, 3.63) is 57.8 Å². The van der Waals surface area contributed by atoms with Gasteiger partial charge in [0.05, 0.1) is 6.42 Å². The van der Waals surface area contributed by atoms with Crippen LogP contribution in [0.15, 0.2) is 41.8 Å². The van der Waals surface area contributed by atoms with Crippen LogP contribution in [0.25, 0.3) is 0 Å². The summed E-state index contributed by atoms with van der Waals surface area (Å²) in [5, 5.41) is 2.00. The summed E-state index contributed by atoms with van der Waals surface area (Å²) in [5.74, 6) is 0.352. The predicted molar refractivity (Wildman–Crippen MR) is 105 cm³/mol. The molecule has 1 saturated heterocycles. The fraction of sp³-hybridized carbons (Fsp3) is 0.429. The first-order valence-electron chi connectivity index (χ1n) is 9.31. The van der Waals surface area contributed by atoms with Gasteiger partial charge in [-0.3, -0.25) is 9.59 Å². The lowest BCUT2D eigenvalue weighted by molar-refractivity contribution is -0.139. The first-order valence-corrected chi connectivity index (χ1v) is 10.2. The molecule has 0 N–H and O–H groups in total. The van der Waals surface area contributed by atoms with Gasteiger partial charge in [0.25, 0.3) is 0 Å². The fourth-order valence-electron chi connectivity index (χ4n) is 3.23. The van der Waals surface area contributed by atoms with Crippen LogP contribution in [0.5, 0.6) is 0 Å². The molecule has 138 valence electrons. The highest BCUT2D eigenvalue weighted by atomic mass is 32.1. The van der Waals surface area contributed by atoms with Gasteiger partial charge in [0, 0.05) is 37.5 Å². The van der Waals surface area contributed by atoms with Crippen molar-refractivity contribution in [1.82, 2.24) is 9.80 Å². The molecule has 1 aromatic carbocycles. The molecule has 1 aliphatic heterocycles. The van der Waals surface area contributed by atoms with Crippen molar-refractivity contribution < 1.29 is 9.59 Å². The first-order chi connectivity index (χ1) is 12.7. The van der Waals surface area contributed by atoms with E-state index in [4.69, 9.17) is 0 Å². The zero-order chi connectivity index (χ0) is 18.4. The second-order valence-corrected chi connectivity index (χ2v) is 7.72. The van der Waals surface area contributed by atoms with E-state index >= 15 is 0 Å². The van der Waals surface area contributed by atoms with Crippen LogP contribution in [0, 0.1) is 0 Å². The van der Waals surface area contributed by atoms with Gasteiger partial charge >= 0.3 is 0 Å². The molecule has 0 bridgehead atoms. The number of carbonyl (C=O) groups is 2. The Balaban J connectivity index is 1.42. The Morgan fingerprint density at radius 3 is 2.12 bits per heavy atom. The highest BCUT2D eigenvalue weighted by molar-refractivity contribution is 7.10. The Morgan fingerprint density at radius 2 is 1.54 bits per heavy atom. The van der Waals surface area contributed by atoms with Gasteiger partial charge in [-0.2, -0.15) is 0 Å². The molecule has 0 radical (unpaired) electrons. The fourth-order valence-corrected chi connectivity index (χ4v) is 3.93. The van der Waals surface area contributed by atoms with Crippen molar-refractivity contribution in [2.45, 2.75) is 32.6 Å². The van der Waals surface area contributed by atoms with E-state index in [0.29, 0.717) is 39.0 Å². The second kappa shape index (κ2) is 8.99. The molecule has 4 nitrogen and oxygen atoms in total. The topological polar surface area (TPSA) is 40.6 Å². The summed E-state index contributed by atoms with van der Waals surface area (Å²) in [5.41, 5.74) is 2.53. The van der Waals surface area contributed by atoms with Crippen LogP contribution in [0.2, 0.25) is 0 Å². The number of benzene rings is 1. The maximum atomic E-state index is 12.5. The number of hydrogen-bond donors (Lipinski definition) is 0. The molecule has 1 aromatic heterocycles. The number of nitrogens with zero attached hydrogens (tertiary/aromatic N) is 2. The van der Waals surface area contributed by atoms with E-state index < -0.39 is 0 Å². The number of hydrogen-bond acceptors (Lipinski definition) is 3. The lowest BCUT2D eigenvalue weighted by Crippen LogP contribution is -2.51. The summed E-state index contributed by atoms with van der Waals surface area (Å²) in [7, 11) is 0. The minimum absolute atomic E-state index is 0.163. The average Bonchev–Trinajstić information content (AvgIpc) is 3.19. The normalized spacial score (nSPS) is 14.5. The maximum Gasteiger partial charge on any atom is 0.227 e. The molecule has 0 unspecified atom stereocenters. The lowest BCUT2D eigenvalue weighted by atomic mass is 10.1. The van der Waals surface area contributed by atoms with Crippen LogP contribution < -0.4 is 0 Å². The Bertz CT molecular complexity index is 717. The molecule has 3 rings (SSSR count). The van der Waals surface area contributed by atoms with Gasteiger partial charge in [0.1, 0.15) is 0 Å². The molecule has 2 amide bonds. The minimum Gasteiger partial charge on any atom is -0.339 e. The van der Waals surface area contributed by atoms with Crippen molar-refractivity contribution in [2.75, 3.05) is 26.2 Å². The van der Waals surface area contributed by atoms with Crippen LogP contribution in [-0.4, -0.2) is 47.8 Å². The van der Waals surface area contributed by atoms with E-state index in [1.165, 1.54) is 11.1 Å². The molecule has 2 heterocycles. The van der Waals surface area contributed by atoms with Gasteiger partial charge in [0.2, 0.25) is 11.8 Å². The number of piperazine rings is 1. The van der Waals surface area contributed by atoms with Gasteiger partial charge in [0.15, 0.2) is 0 Å². The molecule has 1 fully saturated rings. The van der Waals surface area contributed by atoms with E-state index in [2.05, 4.69) is 31.2 Å². The SMILES string of the molecule is CCc1ccc(CCC(=O)N2CCN(C(=O)Cc3cccs3)CC2)cc1.